The molecule has 0 saturated heterocycles. The van der Waals surface area contributed by atoms with Crippen molar-refractivity contribution in [3.05, 3.63) is 89.0 Å². The quantitative estimate of drug-likeness (QED) is 0.512. The fraction of sp³-hybridized carbons (Fsp3) is 0.100. The predicted octanol–water partition coefficient (Wildman–Crippen LogP) is 2.92. The maximum atomic E-state index is 7.09. The Balaban J connectivity index is 1.78. The zero-order valence-electron chi connectivity index (χ0n) is 15.0. The second kappa shape index (κ2) is 6.12. The van der Waals surface area contributed by atoms with Crippen LogP contribution in [0.1, 0.15) is 16.8 Å². The minimum absolute atomic E-state index is 0.663. The summed E-state index contributed by atoms with van der Waals surface area (Å²) in [5.74, 6) is 0. The maximum absolute atomic E-state index is 7.09. The van der Waals surface area contributed by atoms with E-state index in [-0.39, 0.29) is 0 Å². The van der Waals surface area contributed by atoms with Crippen LogP contribution in [0.2, 0.25) is 5.02 Å². The van der Waals surface area contributed by atoms with Gasteiger partial charge in [0, 0.05) is 17.5 Å². The van der Waals surface area contributed by atoms with E-state index < -0.39 is 5.54 Å². The lowest BCUT2D eigenvalue weighted by Gasteiger charge is -2.31. The third-order valence-corrected chi connectivity index (χ3v) is 5.39. The van der Waals surface area contributed by atoms with Gasteiger partial charge in [0.05, 0.1) is 23.7 Å². The number of fused-ring (bicyclic) bond motifs is 3. The van der Waals surface area contributed by atoms with E-state index in [4.69, 9.17) is 17.3 Å². The van der Waals surface area contributed by atoms with Crippen molar-refractivity contribution in [3.63, 3.8) is 0 Å². The molecule has 3 heterocycles. The van der Waals surface area contributed by atoms with Gasteiger partial charge in [-0.15, -0.1) is 5.10 Å². The number of nitrogens with zero attached hydrogens (tertiary/aromatic N) is 6. The summed E-state index contributed by atoms with van der Waals surface area (Å²) in [5, 5.41) is 13.5. The number of imidazole rings is 1. The van der Waals surface area contributed by atoms with Gasteiger partial charge >= 0.3 is 0 Å². The van der Waals surface area contributed by atoms with Gasteiger partial charge in [-0.3, -0.25) is 0 Å². The molecule has 7 nitrogen and oxygen atoms in total. The summed E-state index contributed by atoms with van der Waals surface area (Å²) >= 11 is 6.11. The molecular weight excluding hydrogens is 374 g/mol. The molecule has 0 radical (unpaired) electrons. The van der Waals surface area contributed by atoms with Crippen molar-refractivity contribution in [2.75, 3.05) is 0 Å². The Morgan fingerprint density at radius 3 is 2.54 bits per heavy atom. The summed E-state index contributed by atoms with van der Waals surface area (Å²) in [5.41, 5.74) is 10.5. The molecule has 2 aromatic carbocycles. The smallest absolute Gasteiger partial charge is 0.179 e. The molecular formula is C20H16ClN7. The topological polar surface area (TPSA) is 86.9 Å². The number of pyridine rings is 1. The maximum Gasteiger partial charge on any atom is 0.179 e. The van der Waals surface area contributed by atoms with Crippen LogP contribution in [-0.2, 0) is 12.6 Å². The van der Waals surface area contributed by atoms with E-state index >= 15 is 0 Å². The first-order chi connectivity index (χ1) is 13.6. The van der Waals surface area contributed by atoms with Gasteiger partial charge in [0.2, 0.25) is 0 Å². The lowest BCUT2D eigenvalue weighted by molar-refractivity contribution is 0.596. The van der Waals surface area contributed by atoms with Crippen molar-refractivity contribution in [1.29, 1.82) is 0 Å². The van der Waals surface area contributed by atoms with E-state index in [9.17, 15) is 0 Å². The lowest BCUT2D eigenvalue weighted by atomic mass is 9.80. The fourth-order valence-electron chi connectivity index (χ4n) is 3.67. The monoisotopic (exact) mass is 389 g/mol. The van der Waals surface area contributed by atoms with Crippen molar-refractivity contribution in [2.24, 2.45) is 12.8 Å². The predicted molar refractivity (Wildman–Crippen MR) is 107 cm³/mol. The molecule has 2 N–H and O–H groups in total. The number of benzene rings is 2. The molecule has 1 unspecified atom stereocenters. The highest BCUT2D eigenvalue weighted by Crippen LogP contribution is 2.35. The number of aryl methyl sites for hydroxylation is 1. The van der Waals surface area contributed by atoms with Crippen molar-refractivity contribution in [1.82, 2.24) is 29.6 Å². The molecule has 0 aliphatic rings. The van der Waals surface area contributed by atoms with Crippen LogP contribution in [0.25, 0.3) is 16.6 Å². The van der Waals surface area contributed by atoms with Crippen LogP contribution in [0.3, 0.4) is 0 Å². The second-order valence-electron chi connectivity index (χ2n) is 6.76. The highest BCUT2D eigenvalue weighted by atomic mass is 35.5. The first-order valence-corrected chi connectivity index (χ1v) is 9.08. The van der Waals surface area contributed by atoms with Gasteiger partial charge in [-0.25, -0.2) is 4.98 Å². The largest absolute Gasteiger partial charge is 0.336 e. The summed E-state index contributed by atoms with van der Waals surface area (Å²) in [4.78, 5) is 4.28. The minimum Gasteiger partial charge on any atom is -0.336 e. The van der Waals surface area contributed by atoms with Gasteiger partial charge in [0.15, 0.2) is 5.65 Å². The lowest BCUT2D eigenvalue weighted by Crippen LogP contribution is -2.40. The Morgan fingerprint density at radius 1 is 1.00 bits per heavy atom. The summed E-state index contributed by atoms with van der Waals surface area (Å²) < 4.78 is 3.65. The van der Waals surface area contributed by atoms with E-state index in [1.165, 1.54) is 0 Å². The van der Waals surface area contributed by atoms with E-state index in [1.54, 1.807) is 17.0 Å². The van der Waals surface area contributed by atoms with Crippen LogP contribution in [0, 0.1) is 0 Å². The van der Waals surface area contributed by atoms with Gasteiger partial charge in [-0.05, 0) is 58.0 Å². The standard InChI is InChI=1S/C20H16ClN7/c1-27-12-23-11-18(27)20(22,14-3-6-16(21)7-4-14)15-5-8-17-13(10-15)2-9-19-24-25-26-28(17)19/h2-12H,22H2,1H3. The van der Waals surface area contributed by atoms with E-state index in [0.717, 1.165) is 27.7 Å². The third kappa shape index (κ3) is 2.41. The zero-order valence-corrected chi connectivity index (χ0v) is 15.7. The molecule has 0 spiro atoms. The van der Waals surface area contributed by atoms with Crippen LogP contribution in [0.4, 0.5) is 0 Å². The second-order valence-corrected chi connectivity index (χ2v) is 7.20. The minimum atomic E-state index is -0.903. The number of rotatable bonds is 3. The molecule has 0 saturated carbocycles. The van der Waals surface area contributed by atoms with Crippen molar-refractivity contribution in [3.8, 4) is 0 Å². The molecule has 5 rings (SSSR count). The Hall–Kier alpha value is -3.29. The van der Waals surface area contributed by atoms with E-state index in [1.807, 2.05) is 60.1 Å². The molecule has 3 aromatic heterocycles. The van der Waals surface area contributed by atoms with Crippen molar-refractivity contribution >= 4 is 28.2 Å². The van der Waals surface area contributed by atoms with Gasteiger partial charge in [0.1, 0.15) is 5.54 Å². The number of aromatic nitrogens is 6. The van der Waals surface area contributed by atoms with Gasteiger partial charge < -0.3 is 10.3 Å². The average Bonchev–Trinajstić information content (AvgIpc) is 3.36. The molecule has 0 amide bonds. The third-order valence-electron chi connectivity index (χ3n) is 5.14. The Bertz CT molecular complexity index is 1310. The Morgan fingerprint density at radius 2 is 1.79 bits per heavy atom. The number of halogens is 1. The fourth-order valence-corrected chi connectivity index (χ4v) is 3.80. The first kappa shape index (κ1) is 16.9. The van der Waals surface area contributed by atoms with Crippen LogP contribution in [-0.4, -0.2) is 29.6 Å². The SMILES string of the molecule is Cn1cncc1C(N)(c1ccc(Cl)cc1)c1ccc2c(ccc3nnnn32)c1. The Labute approximate surface area is 165 Å². The summed E-state index contributed by atoms with van der Waals surface area (Å²) in [6.07, 6.45) is 3.54. The highest BCUT2D eigenvalue weighted by molar-refractivity contribution is 6.30. The molecule has 1 atom stereocenters. The number of hydrogen-bond acceptors (Lipinski definition) is 5. The average molecular weight is 390 g/mol. The number of tetrazole rings is 1. The molecule has 5 aromatic rings. The first-order valence-electron chi connectivity index (χ1n) is 8.70. The molecule has 28 heavy (non-hydrogen) atoms. The van der Waals surface area contributed by atoms with Crippen LogP contribution in [0.5, 0.6) is 0 Å². The van der Waals surface area contributed by atoms with Crippen LogP contribution in [0.15, 0.2) is 67.1 Å². The van der Waals surface area contributed by atoms with Crippen LogP contribution >= 0.6 is 11.6 Å². The summed E-state index contributed by atoms with van der Waals surface area (Å²) in [6, 6.07) is 17.5. The molecule has 0 fully saturated rings. The van der Waals surface area contributed by atoms with E-state index in [2.05, 4.69) is 26.6 Å². The number of hydrogen-bond donors (Lipinski definition) is 1. The molecule has 8 heteroatoms. The van der Waals surface area contributed by atoms with Gasteiger partial charge in [0.25, 0.3) is 0 Å². The molecule has 0 bridgehead atoms. The normalized spacial score (nSPS) is 13.8. The zero-order chi connectivity index (χ0) is 19.3. The van der Waals surface area contributed by atoms with Crippen molar-refractivity contribution in [2.45, 2.75) is 5.54 Å². The highest BCUT2D eigenvalue weighted by Gasteiger charge is 2.34. The molecule has 138 valence electrons. The Kier molecular flexibility index (Phi) is 3.68. The molecule has 0 aliphatic carbocycles. The van der Waals surface area contributed by atoms with Crippen molar-refractivity contribution < 1.29 is 0 Å². The van der Waals surface area contributed by atoms with Crippen LogP contribution < -0.4 is 5.73 Å². The summed E-state index contributed by atoms with van der Waals surface area (Å²) in [6.45, 7) is 0. The van der Waals surface area contributed by atoms with Gasteiger partial charge in [-0.2, -0.15) is 4.52 Å². The van der Waals surface area contributed by atoms with E-state index in [0.29, 0.717) is 10.7 Å². The summed E-state index contributed by atoms with van der Waals surface area (Å²) in [7, 11) is 1.94. The van der Waals surface area contributed by atoms with Gasteiger partial charge in [-0.1, -0.05) is 29.8 Å². The number of nitrogens with two attached hydrogens (primary N) is 1. The molecule has 0 aliphatic heterocycles.